The zero-order valence-electron chi connectivity index (χ0n) is 16.8. The first kappa shape index (κ1) is 20.9. The average molecular weight is 410 g/mol. The SMILES string of the molecule is Cc1[nH]c2c(C(Cc3ccccc3)N(C)c3ccc(F)cc3)nccc2c1C.Cl. The molecule has 4 rings (SSSR count). The Labute approximate surface area is 177 Å². The molecule has 0 aliphatic carbocycles. The Kier molecular flexibility index (Phi) is 6.23. The third kappa shape index (κ3) is 4.13. The fourth-order valence-electron chi connectivity index (χ4n) is 3.77. The highest BCUT2D eigenvalue weighted by molar-refractivity contribution is 5.86. The van der Waals surface area contributed by atoms with E-state index in [9.17, 15) is 4.39 Å². The number of rotatable bonds is 5. The number of aromatic nitrogens is 2. The lowest BCUT2D eigenvalue weighted by Gasteiger charge is -2.30. The molecular weight excluding hydrogens is 385 g/mol. The Bertz CT molecular complexity index is 1090. The van der Waals surface area contributed by atoms with Gasteiger partial charge in [0.2, 0.25) is 0 Å². The molecule has 150 valence electrons. The monoisotopic (exact) mass is 409 g/mol. The first-order chi connectivity index (χ1) is 13.5. The average Bonchev–Trinajstić information content (AvgIpc) is 3.01. The van der Waals surface area contributed by atoms with Crippen molar-refractivity contribution < 1.29 is 4.39 Å². The molecule has 5 heteroatoms. The van der Waals surface area contributed by atoms with E-state index in [4.69, 9.17) is 4.98 Å². The fraction of sp³-hybridized carbons (Fsp3) is 0.208. The van der Waals surface area contributed by atoms with Gasteiger partial charge in [-0.3, -0.25) is 4.98 Å². The van der Waals surface area contributed by atoms with E-state index in [1.165, 1.54) is 28.6 Å². The molecule has 0 bridgehead atoms. The van der Waals surface area contributed by atoms with Crippen molar-refractivity contribution in [2.45, 2.75) is 26.3 Å². The summed E-state index contributed by atoms with van der Waals surface area (Å²) in [7, 11) is 2.05. The van der Waals surface area contributed by atoms with Crippen LogP contribution in [-0.2, 0) is 6.42 Å². The van der Waals surface area contributed by atoms with Gasteiger partial charge in [0.1, 0.15) is 5.82 Å². The molecule has 4 aromatic rings. The van der Waals surface area contributed by atoms with Gasteiger partial charge in [-0.2, -0.15) is 0 Å². The molecule has 0 fully saturated rings. The number of hydrogen-bond acceptors (Lipinski definition) is 2. The summed E-state index contributed by atoms with van der Waals surface area (Å²) in [6, 6.07) is 19.1. The van der Waals surface area contributed by atoms with Gasteiger partial charge >= 0.3 is 0 Å². The zero-order valence-corrected chi connectivity index (χ0v) is 17.6. The smallest absolute Gasteiger partial charge is 0.123 e. The number of aryl methyl sites for hydroxylation is 2. The van der Waals surface area contributed by atoms with Crippen molar-refractivity contribution in [2.24, 2.45) is 0 Å². The number of anilines is 1. The molecule has 1 atom stereocenters. The van der Waals surface area contributed by atoms with Crippen LogP contribution in [0.4, 0.5) is 10.1 Å². The molecule has 0 aliphatic heterocycles. The Morgan fingerprint density at radius 2 is 1.69 bits per heavy atom. The number of halogens is 2. The maximum absolute atomic E-state index is 13.4. The lowest BCUT2D eigenvalue weighted by Crippen LogP contribution is -2.27. The van der Waals surface area contributed by atoms with E-state index < -0.39 is 0 Å². The second-order valence-corrected chi connectivity index (χ2v) is 7.29. The van der Waals surface area contributed by atoms with E-state index in [0.29, 0.717) is 0 Å². The van der Waals surface area contributed by atoms with Gasteiger partial charge in [0.15, 0.2) is 0 Å². The van der Waals surface area contributed by atoms with Crippen LogP contribution in [0, 0.1) is 19.7 Å². The minimum absolute atomic E-state index is 0. The lowest BCUT2D eigenvalue weighted by atomic mass is 9.99. The number of benzene rings is 2. The largest absolute Gasteiger partial charge is 0.366 e. The fourth-order valence-corrected chi connectivity index (χ4v) is 3.77. The number of aromatic amines is 1. The standard InChI is InChI=1S/C24H24FN3.ClH/c1-16-17(2)27-23-21(16)13-14-26-24(23)22(15-18-7-5-4-6-8-18)28(3)20-11-9-19(25)10-12-20;/h4-14,22,27H,15H2,1-3H3;1H. The summed E-state index contributed by atoms with van der Waals surface area (Å²) >= 11 is 0. The van der Waals surface area contributed by atoms with Crippen LogP contribution in [-0.4, -0.2) is 17.0 Å². The van der Waals surface area contributed by atoms with Crippen LogP contribution < -0.4 is 4.90 Å². The molecule has 1 unspecified atom stereocenters. The van der Waals surface area contributed by atoms with E-state index in [2.05, 4.69) is 54.1 Å². The van der Waals surface area contributed by atoms with Gasteiger partial charge in [0.05, 0.1) is 17.3 Å². The third-order valence-electron chi connectivity index (χ3n) is 5.55. The van der Waals surface area contributed by atoms with Crippen LogP contribution in [0.1, 0.15) is 28.6 Å². The van der Waals surface area contributed by atoms with Gasteiger partial charge in [-0.25, -0.2) is 4.39 Å². The summed E-state index contributed by atoms with van der Waals surface area (Å²) in [5.74, 6) is -0.229. The van der Waals surface area contributed by atoms with Crippen LogP contribution in [0.3, 0.4) is 0 Å². The minimum atomic E-state index is -0.229. The van der Waals surface area contributed by atoms with Crippen molar-refractivity contribution in [1.82, 2.24) is 9.97 Å². The summed E-state index contributed by atoms with van der Waals surface area (Å²) in [6.45, 7) is 4.23. The predicted octanol–water partition coefficient (Wildman–Crippen LogP) is 6.16. The van der Waals surface area contributed by atoms with Gasteiger partial charge in [-0.1, -0.05) is 30.3 Å². The number of hydrogen-bond donors (Lipinski definition) is 1. The molecular formula is C24H25ClFN3. The topological polar surface area (TPSA) is 31.9 Å². The Morgan fingerprint density at radius 3 is 2.38 bits per heavy atom. The summed E-state index contributed by atoms with van der Waals surface area (Å²) < 4.78 is 13.4. The van der Waals surface area contributed by atoms with Crippen LogP contribution >= 0.6 is 12.4 Å². The van der Waals surface area contributed by atoms with Crippen molar-refractivity contribution in [3.63, 3.8) is 0 Å². The van der Waals surface area contributed by atoms with Crippen molar-refractivity contribution >= 4 is 29.0 Å². The van der Waals surface area contributed by atoms with Gasteiger partial charge < -0.3 is 9.88 Å². The summed E-state index contributed by atoms with van der Waals surface area (Å²) in [5.41, 5.74) is 6.69. The Morgan fingerprint density at radius 1 is 1.00 bits per heavy atom. The number of fused-ring (bicyclic) bond motifs is 1. The normalized spacial score (nSPS) is 11.9. The van der Waals surface area contributed by atoms with E-state index in [0.717, 1.165) is 29.0 Å². The molecule has 29 heavy (non-hydrogen) atoms. The first-order valence-electron chi connectivity index (χ1n) is 9.50. The minimum Gasteiger partial charge on any atom is -0.366 e. The number of likely N-dealkylation sites (N-methyl/N-ethyl adjacent to an activating group) is 1. The summed E-state index contributed by atoms with van der Waals surface area (Å²) in [4.78, 5) is 10.5. The molecule has 0 spiro atoms. The highest BCUT2D eigenvalue weighted by Gasteiger charge is 2.23. The number of nitrogens with zero attached hydrogens (tertiary/aromatic N) is 2. The van der Waals surface area contributed by atoms with Crippen LogP contribution in [0.15, 0.2) is 66.9 Å². The molecule has 1 N–H and O–H groups in total. The predicted molar refractivity (Wildman–Crippen MR) is 121 cm³/mol. The van der Waals surface area contributed by atoms with E-state index in [-0.39, 0.29) is 24.3 Å². The van der Waals surface area contributed by atoms with Crippen molar-refractivity contribution in [1.29, 1.82) is 0 Å². The van der Waals surface area contributed by atoms with Gasteiger partial charge in [-0.05, 0) is 61.7 Å². The second kappa shape index (κ2) is 8.66. The van der Waals surface area contributed by atoms with Crippen LogP contribution in [0.25, 0.3) is 10.9 Å². The van der Waals surface area contributed by atoms with Gasteiger partial charge in [0.25, 0.3) is 0 Å². The van der Waals surface area contributed by atoms with Crippen LogP contribution in [0.5, 0.6) is 0 Å². The third-order valence-corrected chi connectivity index (χ3v) is 5.55. The van der Waals surface area contributed by atoms with Gasteiger partial charge in [-0.15, -0.1) is 12.4 Å². The van der Waals surface area contributed by atoms with Crippen molar-refractivity contribution in [3.05, 3.63) is 95.2 Å². The number of nitrogens with one attached hydrogen (secondary N) is 1. The van der Waals surface area contributed by atoms with Crippen molar-refractivity contribution in [2.75, 3.05) is 11.9 Å². The number of pyridine rings is 1. The second-order valence-electron chi connectivity index (χ2n) is 7.29. The summed E-state index contributed by atoms with van der Waals surface area (Å²) in [5, 5.41) is 1.20. The molecule has 3 nitrogen and oxygen atoms in total. The first-order valence-corrected chi connectivity index (χ1v) is 9.50. The Balaban J connectivity index is 0.00000240. The molecule has 2 aromatic heterocycles. The summed E-state index contributed by atoms with van der Waals surface area (Å²) in [6.07, 6.45) is 2.69. The van der Waals surface area contributed by atoms with Crippen molar-refractivity contribution in [3.8, 4) is 0 Å². The highest BCUT2D eigenvalue weighted by Crippen LogP contribution is 2.33. The molecule has 0 aliphatic rings. The maximum Gasteiger partial charge on any atom is 0.123 e. The van der Waals surface area contributed by atoms with Crippen LogP contribution in [0.2, 0.25) is 0 Å². The van der Waals surface area contributed by atoms with E-state index >= 15 is 0 Å². The molecule has 2 heterocycles. The molecule has 0 amide bonds. The quantitative estimate of drug-likeness (QED) is 0.428. The Hall–Kier alpha value is -2.85. The van der Waals surface area contributed by atoms with Gasteiger partial charge in [0, 0.05) is 30.0 Å². The molecule has 0 radical (unpaired) electrons. The molecule has 0 saturated heterocycles. The number of H-pyrrole nitrogens is 1. The molecule has 0 saturated carbocycles. The lowest BCUT2D eigenvalue weighted by molar-refractivity contribution is 0.624. The van der Waals surface area contributed by atoms with E-state index in [1.807, 2.05) is 31.4 Å². The molecule has 2 aromatic carbocycles. The maximum atomic E-state index is 13.4. The zero-order chi connectivity index (χ0) is 19.7. The highest BCUT2D eigenvalue weighted by atomic mass is 35.5. The van der Waals surface area contributed by atoms with E-state index in [1.54, 1.807) is 0 Å².